The molecule has 0 saturated carbocycles. The van der Waals surface area contributed by atoms with Crippen molar-refractivity contribution in [3.63, 3.8) is 0 Å². The van der Waals surface area contributed by atoms with Crippen molar-refractivity contribution in [1.82, 2.24) is 4.90 Å². The van der Waals surface area contributed by atoms with Gasteiger partial charge in [-0.25, -0.2) is 4.79 Å². The third kappa shape index (κ3) is 3.16. The second-order valence-corrected chi connectivity index (χ2v) is 5.92. The van der Waals surface area contributed by atoms with E-state index in [1.165, 1.54) is 4.90 Å². The van der Waals surface area contributed by atoms with Crippen LogP contribution in [0.1, 0.15) is 18.1 Å². The van der Waals surface area contributed by atoms with Gasteiger partial charge in [-0.3, -0.25) is 4.90 Å². The Morgan fingerprint density at radius 1 is 1.17 bits per heavy atom. The summed E-state index contributed by atoms with van der Waals surface area (Å²) in [6.07, 6.45) is 1.36. The number of hydrogen-bond acceptors (Lipinski definition) is 3. The average molecular weight is 318 g/mol. The van der Waals surface area contributed by atoms with Gasteiger partial charge in [0, 0.05) is 0 Å². The SMILES string of the molecule is C[C@@]1(C#N)C=C(c2ccccc2)CN1C(=O)OCc1ccccc1. The number of nitrogens with zero attached hydrogens (tertiary/aromatic N) is 2. The van der Waals surface area contributed by atoms with Crippen LogP contribution in [0.4, 0.5) is 4.79 Å². The Morgan fingerprint density at radius 3 is 2.42 bits per heavy atom. The number of carbonyl (C=O) groups excluding carboxylic acids is 1. The highest BCUT2D eigenvalue weighted by atomic mass is 16.6. The zero-order valence-corrected chi connectivity index (χ0v) is 13.5. The van der Waals surface area contributed by atoms with E-state index in [-0.39, 0.29) is 6.61 Å². The molecule has 1 atom stereocenters. The minimum Gasteiger partial charge on any atom is -0.444 e. The van der Waals surface area contributed by atoms with Crippen LogP contribution < -0.4 is 0 Å². The number of hydrogen-bond donors (Lipinski definition) is 0. The first-order valence-corrected chi connectivity index (χ1v) is 7.79. The van der Waals surface area contributed by atoms with Crippen LogP contribution in [0, 0.1) is 11.3 Å². The molecule has 2 aromatic rings. The largest absolute Gasteiger partial charge is 0.444 e. The van der Waals surface area contributed by atoms with Gasteiger partial charge in [0.05, 0.1) is 12.6 Å². The predicted octanol–water partition coefficient (Wildman–Crippen LogP) is 4.00. The van der Waals surface area contributed by atoms with Gasteiger partial charge in [0.1, 0.15) is 12.1 Å². The van der Waals surface area contributed by atoms with E-state index in [4.69, 9.17) is 4.74 Å². The molecule has 1 amide bonds. The smallest absolute Gasteiger partial charge is 0.411 e. The standard InChI is InChI=1S/C20H18N2O2/c1-20(15-21)12-18(17-10-6-3-7-11-17)13-22(20)19(23)24-14-16-8-4-2-5-9-16/h2-12H,13-14H2,1H3/t20-/m0/s1. The molecule has 0 radical (unpaired) electrons. The summed E-state index contributed by atoms with van der Waals surface area (Å²) in [5.74, 6) is 0. The highest BCUT2D eigenvalue weighted by Crippen LogP contribution is 2.32. The molecule has 2 aromatic carbocycles. The minimum absolute atomic E-state index is 0.193. The van der Waals surface area contributed by atoms with E-state index in [0.29, 0.717) is 6.54 Å². The molecule has 0 aliphatic carbocycles. The quantitative estimate of drug-likeness (QED) is 0.859. The lowest BCUT2D eigenvalue weighted by Gasteiger charge is -2.27. The molecular weight excluding hydrogens is 300 g/mol. The van der Waals surface area contributed by atoms with Gasteiger partial charge in [-0.2, -0.15) is 5.26 Å². The van der Waals surface area contributed by atoms with E-state index >= 15 is 0 Å². The number of rotatable bonds is 3. The van der Waals surface area contributed by atoms with Crippen molar-refractivity contribution < 1.29 is 9.53 Å². The molecule has 0 N–H and O–H groups in total. The molecule has 0 unspecified atom stereocenters. The lowest BCUT2D eigenvalue weighted by molar-refractivity contribution is 0.0879. The lowest BCUT2D eigenvalue weighted by atomic mass is 10.0. The summed E-state index contributed by atoms with van der Waals surface area (Å²) in [6, 6.07) is 21.5. The van der Waals surface area contributed by atoms with Crippen LogP contribution >= 0.6 is 0 Å². The van der Waals surface area contributed by atoms with E-state index in [0.717, 1.165) is 16.7 Å². The Labute approximate surface area is 141 Å². The molecule has 1 heterocycles. The number of nitriles is 1. The first-order chi connectivity index (χ1) is 11.6. The summed E-state index contributed by atoms with van der Waals surface area (Å²) >= 11 is 0. The Morgan fingerprint density at radius 2 is 1.79 bits per heavy atom. The zero-order valence-electron chi connectivity index (χ0n) is 13.5. The summed E-state index contributed by atoms with van der Waals surface area (Å²) in [4.78, 5) is 14.0. The maximum absolute atomic E-state index is 12.5. The van der Waals surface area contributed by atoms with E-state index in [1.54, 1.807) is 6.92 Å². The normalized spacial score (nSPS) is 19.5. The molecule has 0 aromatic heterocycles. The predicted molar refractivity (Wildman–Crippen MR) is 91.8 cm³/mol. The molecule has 1 aliphatic rings. The molecule has 120 valence electrons. The van der Waals surface area contributed by atoms with Gasteiger partial charge in [-0.1, -0.05) is 60.7 Å². The Bertz CT molecular complexity index is 793. The van der Waals surface area contributed by atoms with Crippen molar-refractivity contribution in [2.24, 2.45) is 0 Å². The average Bonchev–Trinajstić information content (AvgIpc) is 3.00. The molecule has 4 heteroatoms. The molecule has 0 saturated heterocycles. The highest BCUT2D eigenvalue weighted by Gasteiger charge is 2.40. The summed E-state index contributed by atoms with van der Waals surface area (Å²) < 4.78 is 5.40. The summed E-state index contributed by atoms with van der Waals surface area (Å²) in [5.41, 5.74) is 1.88. The van der Waals surface area contributed by atoms with Crippen LogP contribution in [0.25, 0.3) is 5.57 Å². The van der Waals surface area contributed by atoms with Crippen LogP contribution in [0.3, 0.4) is 0 Å². The summed E-state index contributed by atoms with van der Waals surface area (Å²) in [7, 11) is 0. The topological polar surface area (TPSA) is 53.3 Å². The van der Waals surface area contributed by atoms with Gasteiger partial charge in [0.2, 0.25) is 0 Å². The zero-order chi connectivity index (χ0) is 17.0. The number of ether oxygens (including phenoxy) is 1. The summed E-state index contributed by atoms with van der Waals surface area (Å²) in [5, 5.41) is 9.55. The molecule has 24 heavy (non-hydrogen) atoms. The molecule has 0 bridgehead atoms. The maximum atomic E-state index is 12.5. The Kier molecular flexibility index (Phi) is 4.35. The van der Waals surface area contributed by atoms with E-state index in [1.807, 2.05) is 66.7 Å². The second kappa shape index (κ2) is 6.59. The number of carbonyl (C=O) groups is 1. The van der Waals surface area contributed by atoms with Crippen LogP contribution in [0.15, 0.2) is 66.7 Å². The van der Waals surface area contributed by atoms with E-state index < -0.39 is 11.6 Å². The van der Waals surface area contributed by atoms with Crippen molar-refractivity contribution in [1.29, 1.82) is 5.26 Å². The van der Waals surface area contributed by atoms with E-state index in [2.05, 4.69) is 6.07 Å². The lowest BCUT2D eigenvalue weighted by Crippen LogP contribution is -2.44. The van der Waals surface area contributed by atoms with Crippen LogP contribution in [0.5, 0.6) is 0 Å². The van der Waals surface area contributed by atoms with Gasteiger partial charge >= 0.3 is 6.09 Å². The van der Waals surface area contributed by atoms with Crippen molar-refractivity contribution in [2.75, 3.05) is 6.54 Å². The minimum atomic E-state index is -1.00. The molecule has 0 spiro atoms. The fraction of sp³-hybridized carbons (Fsp3) is 0.200. The highest BCUT2D eigenvalue weighted by molar-refractivity contribution is 5.80. The summed E-state index contributed by atoms with van der Waals surface area (Å²) in [6.45, 7) is 2.28. The van der Waals surface area contributed by atoms with Crippen molar-refractivity contribution >= 4 is 11.7 Å². The van der Waals surface area contributed by atoms with Crippen LogP contribution in [0.2, 0.25) is 0 Å². The fourth-order valence-electron chi connectivity index (χ4n) is 2.77. The van der Waals surface area contributed by atoms with Crippen LogP contribution in [-0.2, 0) is 11.3 Å². The van der Waals surface area contributed by atoms with Gasteiger partial charge in [0.25, 0.3) is 0 Å². The Balaban J connectivity index is 1.74. The van der Waals surface area contributed by atoms with Gasteiger partial charge in [-0.05, 0) is 29.7 Å². The monoisotopic (exact) mass is 318 g/mol. The van der Waals surface area contributed by atoms with Gasteiger partial charge in [0.15, 0.2) is 0 Å². The van der Waals surface area contributed by atoms with E-state index in [9.17, 15) is 10.1 Å². The number of amides is 1. The number of benzene rings is 2. The third-order valence-electron chi connectivity index (χ3n) is 4.14. The molecule has 1 aliphatic heterocycles. The van der Waals surface area contributed by atoms with Gasteiger partial charge < -0.3 is 4.74 Å². The molecule has 4 nitrogen and oxygen atoms in total. The van der Waals surface area contributed by atoms with Crippen molar-refractivity contribution in [3.8, 4) is 6.07 Å². The molecule has 3 rings (SSSR count). The second-order valence-electron chi connectivity index (χ2n) is 5.92. The van der Waals surface area contributed by atoms with Crippen LogP contribution in [-0.4, -0.2) is 23.1 Å². The third-order valence-corrected chi connectivity index (χ3v) is 4.14. The molecule has 0 fully saturated rings. The van der Waals surface area contributed by atoms with Crippen molar-refractivity contribution in [3.05, 3.63) is 77.9 Å². The fourth-order valence-corrected chi connectivity index (χ4v) is 2.77. The maximum Gasteiger partial charge on any atom is 0.411 e. The Hall–Kier alpha value is -3.06. The first kappa shape index (κ1) is 15.8. The molecular formula is C20H18N2O2. The first-order valence-electron chi connectivity index (χ1n) is 7.79. The van der Waals surface area contributed by atoms with Gasteiger partial charge in [-0.15, -0.1) is 0 Å². The van der Waals surface area contributed by atoms with Crippen molar-refractivity contribution in [2.45, 2.75) is 19.1 Å².